The third-order valence-corrected chi connectivity index (χ3v) is 5.44. The van der Waals surface area contributed by atoms with Crippen LogP contribution in [0.1, 0.15) is 29.8 Å². The molecule has 3 rings (SSSR count). The third-order valence-electron chi connectivity index (χ3n) is 4.47. The summed E-state index contributed by atoms with van der Waals surface area (Å²) in [5.41, 5.74) is 3.00. The molecule has 32 heavy (non-hydrogen) atoms. The lowest BCUT2D eigenvalue weighted by Gasteiger charge is -2.10. The minimum atomic E-state index is -0.424. The van der Waals surface area contributed by atoms with Crippen LogP contribution in [0.25, 0.3) is 11.4 Å². The minimum Gasteiger partial charge on any atom is -0.459 e. The number of esters is 1. The van der Waals surface area contributed by atoms with Crippen LogP contribution in [-0.4, -0.2) is 38.5 Å². The molecule has 0 aliphatic rings. The van der Waals surface area contributed by atoms with Gasteiger partial charge in [0.25, 0.3) is 0 Å². The van der Waals surface area contributed by atoms with Crippen molar-refractivity contribution < 1.29 is 14.3 Å². The van der Waals surface area contributed by atoms with Crippen LogP contribution in [0, 0.1) is 6.92 Å². The van der Waals surface area contributed by atoms with Crippen molar-refractivity contribution in [3.05, 3.63) is 72.3 Å². The van der Waals surface area contributed by atoms with Crippen LogP contribution in [0.3, 0.4) is 0 Å². The first-order chi connectivity index (χ1) is 15.4. The number of allylic oxidation sites excluding steroid dienone is 1. The monoisotopic (exact) mass is 450 g/mol. The first-order valence-corrected chi connectivity index (χ1v) is 11.2. The maximum absolute atomic E-state index is 12.5. The summed E-state index contributed by atoms with van der Waals surface area (Å²) in [5.74, 6) is 0.243. The molecule has 0 radical (unpaired) electrons. The summed E-state index contributed by atoms with van der Waals surface area (Å²) in [5, 5.41) is 12.1. The van der Waals surface area contributed by atoms with Crippen LogP contribution < -0.4 is 5.32 Å². The average Bonchev–Trinajstić information content (AvgIpc) is 3.15. The Morgan fingerprint density at radius 1 is 1.19 bits per heavy atom. The van der Waals surface area contributed by atoms with Gasteiger partial charge in [-0.3, -0.25) is 9.36 Å². The Bertz CT molecular complexity index is 1120. The summed E-state index contributed by atoms with van der Waals surface area (Å²) < 4.78 is 7.14. The summed E-state index contributed by atoms with van der Waals surface area (Å²) in [6.07, 6.45) is 1.56. The number of ether oxygens (including phenoxy) is 1. The smallest absolute Gasteiger partial charge is 0.338 e. The number of aryl methyl sites for hydroxylation is 1. The molecule has 1 amide bonds. The van der Waals surface area contributed by atoms with Crippen molar-refractivity contribution in [1.29, 1.82) is 0 Å². The minimum absolute atomic E-state index is 0.143. The molecule has 0 spiro atoms. The van der Waals surface area contributed by atoms with Crippen molar-refractivity contribution in [1.82, 2.24) is 14.8 Å². The molecule has 1 aromatic heterocycles. The van der Waals surface area contributed by atoms with E-state index in [0.717, 1.165) is 17.0 Å². The Hall–Kier alpha value is -3.39. The summed E-state index contributed by atoms with van der Waals surface area (Å²) in [6, 6.07) is 14.6. The molecule has 7 nitrogen and oxygen atoms in total. The molecular weight excluding hydrogens is 424 g/mol. The maximum atomic E-state index is 12.5. The lowest BCUT2D eigenvalue weighted by molar-refractivity contribution is -0.113. The van der Waals surface area contributed by atoms with E-state index in [4.69, 9.17) is 4.74 Å². The van der Waals surface area contributed by atoms with Gasteiger partial charge < -0.3 is 10.1 Å². The number of thioether (sulfide) groups is 1. The first kappa shape index (κ1) is 23.3. The van der Waals surface area contributed by atoms with Gasteiger partial charge in [0.2, 0.25) is 5.91 Å². The van der Waals surface area contributed by atoms with Gasteiger partial charge in [-0.15, -0.1) is 16.8 Å². The zero-order valence-electron chi connectivity index (χ0n) is 18.4. The quantitative estimate of drug-likeness (QED) is 0.288. The summed E-state index contributed by atoms with van der Waals surface area (Å²) in [7, 11) is 0. The highest BCUT2D eigenvalue weighted by Crippen LogP contribution is 2.26. The number of carbonyl (C=O) groups is 2. The number of nitrogens with zero attached hydrogens (tertiary/aromatic N) is 3. The third kappa shape index (κ3) is 5.85. The number of hydrogen-bond acceptors (Lipinski definition) is 6. The highest BCUT2D eigenvalue weighted by atomic mass is 32.2. The summed E-state index contributed by atoms with van der Waals surface area (Å²) in [6.45, 7) is 9.95. The van der Waals surface area contributed by atoms with Crippen LogP contribution in [0.15, 0.2) is 66.3 Å². The molecule has 0 saturated heterocycles. The van der Waals surface area contributed by atoms with Crippen molar-refractivity contribution in [2.45, 2.75) is 38.6 Å². The first-order valence-electron chi connectivity index (χ1n) is 10.2. The fourth-order valence-corrected chi connectivity index (χ4v) is 3.79. The molecule has 0 bridgehead atoms. The van der Waals surface area contributed by atoms with Crippen LogP contribution in [0.2, 0.25) is 0 Å². The van der Waals surface area contributed by atoms with E-state index < -0.39 is 5.97 Å². The van der Waals surface area contributed by atoms with Crippen LogP contribution >= 0.6 is 11.8 Å². The molecule has 2 aromatic carbocycles. The Balaban J connectivity index is 1.68. The number of amides is 1. The molecule has 3 aromatic rings. The van der Waals surface area contributed by atoms with E-state index in [2.05, 4.69) is 22.1 Å². The highest BCUT2D eigenvalue weighted by molar-refractivity contribution is 7.99. The highest BCUT2D eigenvalue weighted by Gasteiger charge is 2.16. The van der Waals surface area contributed by atoms with Gasteiger partial charge in [-0.05, 0) is 44.5 Å². The van der Waals surface area contributed by atoms with Gasteiger partial charge >= 0.3 is 5.97 Å². The lowest BCUT2D eigenvalue weighted by atomic mass is 10.1. The number of hydrogen-bond donors (Lipinski definition) is 1. The molecule has 0 fully saturated rings. The maximum Gasteiger partial charge on any atom is 0.338 e. The molecule has 0 unspecified atom stereocenters. The average molecular weight is 451 g/mol. The Labute approximate surface area is 191 Å². The van der Waals surface area contributed by atoms with E-state index in [9.17, 15) is 9.59 Å². The molecule has 1 heterocycles. The normalized spacial score (nSPS) is 10.8. The fraction of sp³-hybridized carbons (Fsp3) is 0.250. The van der Waals surface area contributed by atoms with Gasteiger partial charge in [0, 0.05) is 17.8 Å². The van der Waals surface area contributed by atoms with E-state index >= 15 is 0 Å². The number of carbonyl (C=O) groups excluding carboxylic acids is 2. The van der Waals surface area contributed by atoms with Crippen molar-refractivity contribution >= 4 is 29.3 Å². The molecule has 166 valence electrons. The SMILES string of the molecule is C=CCn1c(SCC(=O)Nc2cccc(C(=O)OC(C)C)c2)nnc1-c1ccccc1C. The van der Waals surface area contributed by atoms with Crippen LogP contribution in [0.5, 0.6) is 0 Å². The van der Waals surface area contributed by atoms with Crippen molar-refractivity contribution in [3.8, 4) is 11.4 Å². The van der Waals surface area contributed by atoms with E-state index in [1.54, 1.807) is 44.2 Å². The van der Waals surface area contributed by atoms with E-state index in [1.807, 2.05) is 35.8 Å². The Kier molecular flexibility index (Phi) is 7.83. The van der Waals surface area contributed by atoms with Gasteiger partial charge in [-0.2, -0.15) is 0 Å². The molecule has 0 saturated carbocycles. The molecule has 1 N–H and O–H groups in total. The van der Waals surface area contributed by atoms with Gasteiger partial charge in [0.15, 0.2) is 11.0 Å². The van der Waals surface area contributed by atoms with E-state index in [-0.39, 0.29) is 17.8 Å². The van der Waals surface area contributed by atoms with Gasteiger partial charge in [-0.1, -0.05) is 48.2 Å². The second kappa shape index (κ2) is 10.8. The van der Waals surface area contributed by atoms with Crippen molar-refractivity contribution in [2.75, 3.05) is 11.1 Å². The second-order valence-corrected chi connectivity index (χ2v) is 8.33. The Morgan fingerprint density at radius 3 is 2.69 bits per heavy atom. The number of benzene rings is 2. The predicted molar refractivity (Wildman–Crippen MR) is 127 cm³/mol. The summed E-state index contributed by atoms with van der Waals surface area (Å²) in [4.78, 5) is 24.6. The largest absolute Gasteiger partial charge is 0.459 e. The molecule has 0 aliphatic carbocycles. The van der Waals surface area contributed by atoms with Gasteiger partial charge in [0.1, 0.15) is 0 Å². The zero-order chi connectivity index (χ0) is 23.1. The Morgan fingerprint density at radius 2 is 1.97 bits per heavy atom. The van der Waals surface area contributed by atoms with Crippen molar-refractivity contribution in [2.24, 2.45) is 0 Å². The van der Waals surface area contributed by atoms with Crippen LogP contribution in [0.4, 0.5) is 5.69 Å². The van der Waals surface area contributed by atoms with Gasteiger partial charge in [0.05, 0.1) is 17.4 Å². The molecular formula is C24H26N4O3S. The van der Waals surface area contributed by atoms with E-state index in [0.29, 0.717) is 23.0 Å². The van der Waals surface area contributed by atoms with Crippen molar-refractivity contribution in [3.63, 3.8) is 0 Å². The number of aromatic nitrogens is 3. The number of anilines is 1. The second-order valence-electron chi connectivity index (χ2n) is 7.39. The standard InChI is InChI=1S/C24H26N4O3S/c1-5-13-28-22(20-12-7-6-9-17(20)4)26-27-24(28)32-15-21(29)25-19-11-8-10-18(14-19)23(30)31-16(2)3/h5-12,14,16H,1,13,15H2,2-4H3,(H,25,29). The van der Waals surface area contributed by atoms with E-state index in [1.165, 1.54) is 11.8 Å². The topological polar surface area (TPSA) is 86.1 Å². The van der Waals surface area contributed by atoms with Crippen LogP contribution in [-0.2, 0) is 16.1 Å². The summed E-state index contributed by atoms with van der Waals surface area (Å²) >= 11 is 1.29. The number of nitrogens with one attached hydrogen (secondary N) is 1. The fourth-order valence-electron chi connectivity index (χ4n) is 3.05. The predicted octanol–water partition coefficient (Wildman–Crippen LogP) is 4.74. The molecule has 8 heteroatoms. The lowest BCUT2D eigenvalue weighted by Crippen LogP contribution is -2.16. The molecule has 0 atom stereocenters. The zero-order valence-corrected chi connectivity index (χ0v) is 19.2. The number of rotatable bonds is 9. The van der Waals surface area contributed by atoms with Gasteiger partial charge in [-0.25, -0.2) is 4.79 Å². The molecule has 0 aliphatic heterocycles.